The van der Waals surface area contributed by atoms with Crippen molar-refractivity contribution < 1.29 is 13.2 Å². The zero-order valence-electron chi connectivity index (χ0n) is 10.0. The standard InChI is InChI=1S/C11H15N3O3S/c1-14-8-9(5-11(14)15)6-13-18(16,17)10-3-2-4-12-7-10/h2-4,7,9,13H,5-6,8H2,1H3. The van der Waals surface area contributed by atoms with Crippen LogP contribution < -0.4 is 4.72 Å². The Morgan fingerprint density at radius 3 is 2.89 bits per heavy atom. The fourth-order valence-corrected chi connectivity index (χ4v) is 2.99. The molecule has 7 heteroatoms. The lowest BCUT2D eigenvalue weighted by atomic mass is 10.1. The van der Waals surface area contributed by atoms with E-state index in [4.69, 9.17) is 0 Å². The van der Waals surface area contributed by atoms with Crippen LogP contribution in [-0.4, -0.2) is 44.3 Å². The molecule has 1 aromatic heterocycles. The Morgan fingerprint density at radius 2 is 2.33 bits per heavy atom. The Balaban J connectivity index is 1.97. The first kappa shape index (κ1) is 13.0. The number of nitrogens with one attached hydrogen (secondary N) is 1. The quantitative estimate of drug-likeness (QED) is 0.823. The fraction of sp³-hybridized carbons (Fsp3) is 0.455. The van der Waals surface area contributed by atoms with Crippen molar-refractivity contribution in [2.45, 2.75) is 11.3 Å². The second-order valence-corrected chi connectivity index (χ2v) is 6.15. The molecule has 98 valence electrons. The minimum atomic E-state index is -3.53. The highest BCUT2D eigenvalue weighted by Crippen LogP contribution is 2.15. The number of aromatic nitrogens is 1. The highest BCUT2D eigenvalue weighted by Gasteiger charge is 2.27. The third kappa shape index (κ3) is 2.85. The third-order valence-corrected chi connectivity index (χ3v) is 4.34. The Morgan fingerprint density at radius 1 is 1.56 bits per heavy atom. The van der Waals surface area contributed by atoms with Gasteiger partial charge in [0.1, 0.15) is 4.90 Å². The molecular formula is C11H15N3O3S. The highest BCUT2D eigenvalue weighted by atomic mass is 32.2. The minimum Gasteiger partial charge on any atom is -0.345 e. The molecule has 0 aliphatic carbocycles. The summed E-state index contributed by atoms with van der Waals surface area (Å²) in [4.78, 5) is 16.8. The van der Waals surface area contributed by atoms with Crippen LogP contribution in [0.3, 0.4) is 0 Å². The van der Waals surface area contributed by atoms with Crippen LogP contribution in [0.15, 0.2) is 29.4 Å². The van der Waals surface area contributed by atoms with Crippen LogP contribution in [0.1, 0.15) is 6.42 Å². The summed E-state index contributed by atoms with van der Waals surface area (Å²) in [6.07, 6.45) is 3.21. The maximum absolute atomic E-state index is 11.9. The molecule has 0 radical (unpaired) electrons. The van der Waals surface area contributed by atoms with Crippen molar-refractivity contribution in [3.8, 4) is 0 Å². The van der Waals surface area contributed by atoms with E-state index in [-0.39, 0.29) is 23.3 Å². The summed E-state index contributed by atoms with van der Waals surface area (Å²) < 4.78 is 26.3. The number of nitrogens with zero attached hydrogens (tertiary/aromatic N) is 2. The molecular weight excluding hydrogens is 254 g/mol. The smallest absolute Gasteiger partial charge is 0.242 e. The van der Waals surface area contributed by atoms with Crippen LogP contribution in [0, 0.1) is 5.92 Å². The number of carbonyl (C=O) groups excluding carboxylic acids is 1. The van der Waals surface area contributed by atoms with Crippen LogP contribution in [0.2, 0.25) is 0 Å². The lowest BCUT2D eigenvalue weighted by Gasteiger charge is -2.11. The molecule has 1 amide bonds. The summed E-state index contributed by atoms with van der Waals surface area (Å²) in [6, 6.07) is 3.06. The number of likely N-dealkylation sites (tertiary alicyclic amines) is 1. The zero-order chi connectivity index (χ0) is 13.2. The van der Waals surface area contributed by atoms with Crippen molar-refractivity contribution in [3.63, 3.8) is 0 Å². The van der Waals surface area contributed by atoms with Gasteiger partial charge in [-0.15, -0.1) is 0 Å². The van der Waals surface area contributed by atoms with Gasteiger partial charge in [-0.25, -0.2) is 13.1 Å². The van der Waals surface area contributed by atoms with Gasteiger partial charge in [0.05, 0.1) is 0 Å². The molecule has 2 heterocycles. The van der Waals surface area contributed by atoms with Gasteiger partial charge >= 0.3 is 0 Å². The predicted molar refractivity (Wildman–Crippen MR) is 65.2 cm³/mol. The molecule has 0 spiro atoms. The summed E-state index contributed by atoms with van der Waals surface area (Å²) in [7, 11) is -1.80. The van der Waals surface area contributed by atoms with Gasteiger partial charge in [0.15, 0.2) is 0 Å². The summed E-state index contributed by atoms with van der Waals surface area (Å²) in [5, 5.41) is 0. The Labute approximate surface area is 106 Å². The third-order valence-electron chi connectivity index (χ3n) is 2.93. The van der Waals surface area contributed by atoms with E-state index in [1.807, 2.05) is 0 Å². The second-order valence-electron chi connectivity index (χ2n) is 4.39. The molecule has 0 aromatic carbocycles. The molecule has 1 N–H and O–H groups in total. The number of hydrogen-bond donors (Lipinski definition) is 1. The van der Waals surface area contributed by atoms with Gasteiger partial charge in [0.2, 0.25) is 15.9 Å². The fourth-order valence-electron chi connectivity index (χ4n) is 1.91. The summed E-state index contributed by atoms with van der Waals surface area (Å²) in [5.74, 6) is 0.0922. The van der Waals surface area contributed by atoms with Crippen molar-refractivity contribution in [1.29, 1.82) is 0 Å². The van der Waals surface area contributed by atoms with E-state index in [0.29, 0.717) is 13.0 Å². The first-order chi connectivity index (χ1) is 8.49. The lowest BCUT2D eigenvalue weighted by Crippen LogP contribution is -2.30. The minimum absolute atomic E-state index is 0.0361. The van der Waals surface area contributed by atoms with Crippen LogP contribution in [0.5, 0.6) is 0 Å². The van der Waals surface area contributed by atoms with E-state index in [9.17, 15) is 13.2 Å². The first-order valence-corrected chi connectivity index (χ1v) is 7.11. The monoisotopic (exact) mass is 269 g/mol. The van der Waals surface area contributed by atoms with Crippen molar-refractivity contribution in [3.05, 3.63) is 24.5 Å². The van der Waals surface area contributed by atoms with E-state index >= 15 is 0 Å². The van der Waals surface area contributed by atoms with Crippen molar-refractivity contribution in [2.75, 3.05) is 20.1 Å². The van der Waals surface area contributed by atoms with E-state index in [1.165, 1.54) is 18.5 Å². The van der Waals surface area contributed by atoms with E-state index < -0.39 is 10.0 Å². The van der Waals surface area contributed by atoms with Gasteiger partial charge in [-0.05, 0) is 18.1 Å². The second kappa shape index (κ2) is 5.03. The van der Waals surface area contributed by atoms with Gasteiger partial charge in [-0.1, -0.05) is 0 Å². The summed E-state index contributed by atoms with van der Waals surface area (Å²) in [6.45, 7) is 0.863. The number of rotatable bonds is 4. The molecule has 18 heavy (non-hydrogen) atoms. The van der Waals surface area contributed by atoms with Gasteiger partial charge < -0.3 is 4.90 Å². The van der Waals surface area contributed by atoms with Crippen molar-refractivity contribution in [1.82, 2.24) is 14.6 Å². The van der Waals surface area contributed by atoms with Gasteiger partial charge in [0.25, 0.3) is 0 Å². The number of amides is 1. The molecule has 1 unspecified atom stereocenters. The maximum atomic E-state index is 11.9. The van der Waals surface area contributed by atoms with E-state index in [1.54, 1.807) is 18.0 Å². The maximum Gasteiger partial charge on any atom is 0.242 e. The van der Waals surface area contributed by atoms with Crippen LogP contribution in [0.4, 0.5) is 0 Å². The zero-order valence-corrected chi connectivity index (χ0v) is 10.9. The van der Waals surface area contributed by atoms with Gasteiger partial charge in [-0.2, -0.15) is 0 Å². The highest BCUT2D eigenvalue weighted by molar-refractivity contribution is 7.89. The molecule has 1 fully saturated rings. The molecule has 1 aliphatic heterocycles. The molecule has 1 aliphatic rings. The topological polar surface area (TPSA) is 79.4 Å². The van der Waals surface area contributed by atoms with Gasteiger partial charge in [-0.3, -0.25) is 9.78 Å². The Hall–Kier alpha value is -1.47. The number of carbonyl (C=O) groups is 1. The molecule has 2 rings (SSSR count). The molecule has 1 aromatic rings. The first-order valence-electron chi connectivity index (χ1n) is 5.63. The average molecular weight is 269 g/mol. The lowest BCUT2D eigenvalue weighted by molar-refractivity contribution is -0.126. The van der Waals surface area contributed by atoms with E-state index in [2.05, 4.69) is 9.71 Å². The average Bonchev–Trinajstić information content (AvgIpc) is 2.68. The molecule has 0 bridgehead atoms. The van der Waals surface area contributed by atoms with Crippen LogP contribution in [0.25, 0.3) is 0 Å². The number of hydrogen-bond acceptors (Lipinski definition) is 4. The van der Waals surface area contributed by atoms with Crippen LogP contribution >= 0.6 is 0 Å². The van der Waals surface area contributed by atoms with Gasteiger partial charge in [0, 0.05) is 39.0 Å². The van der Waals surface area contributed by atoms with Crippen molar-refractivity contribution in [2.24, 2.45) is 5.92 Å². The predicted octanol–water partition coefficient (Wildman–Crippen LogP) is -0.162. The molecule has 1 saturated heterocycles. The van der Waals surface area contributed by atoms with Crippen LogP contribution in [-0.2, 0) is 14.8 Å². The summed E-state index contributed by atoms with van der Waals surface area (Å²) >= 11 is 0. The Kier molecular flexibility index (Phi) is 3.63. The van der Waals surface area contributed by atoms with E-state index in [0.717, 1.165) is 0 Å². The summed E-state index contributed by atoms with van der Waals surface area (Å²) in [5.41, 5.74) is 0. The van der Waals surface area contributed by atoms with Crippen molar-refractivity contribution >= 4 is 15.9 Å². The largest absolute Gasteiger partial charge is 0.345 e. The molecule has 0 saturated carbocycles. The normalized spacial score (nSPS) is 20.4. The number of pyridine rings is 1. The SMILES string of the molecule is CN1CC(CNS(=O)(=O)c2cccnc2)CC1=O. The molecule has 1 atom stereocenters. The molecule has 6 nitrogen and oxygen atoms in total. The Bertz CT molecular complexity index is 530. The number of sulfonamides is 1.